The molecule has 2 atom stereocenters. The number of benzene rings is 2. The molecule has 5 heteroatoms. The monoisotopic (exact) mass is 479 g/mol. The van der Waals surface area contributed by atoms with Crippen molar-refractivity contribution in [3.8, 4) is 0 Å². The van der Waals surface area contributed by atoms with Crippen LogP contribution in [0.25, 0.3) is 0 Å². The molecule has 0 unspecified atom stereocenters. The van der Waals surface area contributed by atoms with Gasteiger partial charge in [-0.2, -0.15) is 0 Å². The molecule has 2 heterocycles. The topological polar surface area (TPSA) is 38.8 Å². The fourth-order valence-electron chi connectivity index (χ4n) is 5.68. The minimum atomic E-state index is -2.48. The zero-order valence-electron chi connectivity index (χ0n) is 21.2. The van der Waals surface area contributed by atoms with Crippen molar-refractivity contribution in [1.29, 1.82) is 0 Å². The van der Waals surface area contributed by atoms with Gasteiger partial charge >= 0.3 is 0 Å². The molecule has 2 saturated heterocycles. The molecule has 1 amide bonds. The van der Waals surface area contributed by atoms with Gasteiger partial charge in [-0.3, -0.25) is 4.79 Å². The summed E-state index contributed by atoms with van der Waals surface area (Å²) >= 11 is 0. The Morgan fingerprint density at radius 3 is 2.06 bits per heavy atom. The summed E-state index contributed by atoms with van der Waals surface area (Å²) in [5.74, 6) is 0.771. The van der Waals surface area contributed by atoms with Gasteiger partial charge in [0.1, 0.15) is 0 Å². The molecule has 2 aromatic carbocycles. The summed E-state index contributed by atoms with van der Waals surface area (Å²) in [5, 5.41) is 2.66. The maximum Gasteiger partial charge on any atom is 0.261 e. The Kier molecular flexibility index (Phi) is 8.28. The number of amides is 1. The van der Waals surface area contributed by atoms with Crippen LogP contribution in [0.1, 0.15) is 59.3 Å². The molecule has 0 spiro atoms. The first-order valence-corrected chi connectivity index (χ1v) is 15.0. The summed E-state index contributed by atoms with van der Waals surface area (Å²) in [4.78, 5) is 14.5. The zero-order chi connectivity index (χ0) is 24.0. The number of likely N-dealkylation sites (tertiary alicyclic amines) is 1. The zero-order valence-corrected chi connectivity index (χ0v) is 22.2. The molecule has 2 aliphatic rings. The molecule has 184 valence electrons. The lowest BCUT2D eigenvalue weighted by molar-refractivity contribution is -0.134. The second-order valence-corrected chi connectivity index (χ2v) is 15.3. The van der Waals surface area contributed by atoms with E-state index in [1.807, 2.05) is 4.90 Å². The predicted octanol–water partition coefficient (Wildman–Crippen LogP) is 4.76. The fourth-order valence-corrected chi connectivity index (χ4v) is 10.3. The molecule has 0 radical (unpaired) electrons. The van der Waals surface area contributed by atoms with Crippen LogP contribution in [-0.4, -0.2) is 51.5 Å². The van der Waals surface area contributed by atoms with Crippen LogP contribution < -0.4 is 10.4 Å². The van der Waals surface area contributed by atoms with Gasteiger partial charge in [0, 0.05) is 26.3 Å². The van der Waals surface area contributed by atoms with Crippen molar-refractivity contribution in [2.45, 2.75) is 70.4 Å². The summed E-state index contributed by atoms with van der Waals surface area (Å²) in [6, 6.07) is 21.7. The van der Waals surface area contributed by atoms with Crippen LogP contribution in [0, 0.1) is 5.92 Å². The van der Waals surface area contributed by atoms with Crippen molar-refractivity contribution >= 4 is 24.6 Å². The number of rotatable bonds is 8. The largest absolute Gasteiger partial charge is 0.407 e. The summed E-state index contributed by atoms with van der Waals surface area (Å²) < 4.78 is 13.2. The lowest BCUT2D eigenvalue weighted by atomic mass is 9.94. The van der Waals surface area contributed by atoms with Crippen molar-refractivity contribution in [1.82, 2.24) is 4.90 Å². The van der Waals surface area contributed by atoms with Gasteiger partial charge in [0.25, 0.3) is 8.32 Å². The van der Waals surface area contributed by atoms with Crippen LogP contribution in [0.2, 0.25) is 5.04 Å². The van der Waals surface area contributed by atoms with Gasteiger partial charge in [0.2, 0.25) is 5.91 Å². The maximum atomic E-state index is 12.5. The third-order valence-electron chi connectivity index (χ3n) is 7.59. The van der Waals surface area contributed by atoms with Crippen LogP contribution >= 0.6 is 0 Å². The van der Waals surface area contributed by atoms with Crippen molar-refractivity contribution < 1.29 is 14.0 Å². The van der Waals surface area contributed by atoms with Crippen molar-refractivity contribution in [2.75, 3.05) is 26.3 Å². The second-order valence-electron chi connectivity index (χ2n) is 11.0. The SMILES string of the molecule is CC(C)(C)[Si](OCC[C@@H]1CC[C@H](CC(=O)N2CCCC2)OC1)(c1ccccc1)c1ccccc1. The van der Waals surface area contributed by atoms with Crippen LogP contribution in [0.15, 0.2) is 60.7 Å². The molecule has 0 bridgehead atoms. The summed E-state index contributed by atoms with van der Waals surface area (Å²) in [6.07, 6.45) is 6.01. The van der Waals surface area contributed by atoms with Gasteiger partial charge in [-0.1, -0.05) is 81.4 Å². The molecule has 4 rings (SSSR count). The van der Waals surface area contributed by atoms with Gasteiger partial charge in [0.05, 0.1) is 12.5 Å². The van der Waals surface area contributed by atoms with Crippen LogP contribution in [-0.2, 0) is 14.0 Å². The van der Waals surface area contributed by atoms with Crippen molar-refractivity contribution in [3.63, 3.8) is 0 Å². The molecular weight excluding hydrogens is 438 g/mol. The van der Waals surface area contributed by atoms with E-state index in [-0.39, 0.29) is 17.0 Å². The molecule has 2 fully saturated rings. The Bertz CT molecular complexity index is 858. The Labute approximate surface area is 206 Å². The van der Waals surface area contributed by atoms with E-state index in [4.69, 9.17) is 9.16 Å². The average molecular weight is 480 g/mol. The third-order valence-corrected chi connectivity index (χ3v) is 12.6. The molecule has 0 aromatic heterocycles. The van der Waals surface area contributed by atoms with Gasteiger partial charge in [-0.25, -0.2) is 0 Å². The molecule has 34 heavy (non-hydrogen) atoms. The van der Waals surface area contributed by atoms with Gasteiger partial charge in [-0.15, -0.1) is 0 Å². The van der Waals surface area contributed by atoms with E-state index < -0.39 is 8.32 Å². The average Bonchev–Trinajstić information content (AvgIpc) is 3.39. The smallest absolute Gasteiger partial charge is 0.261 e. The van der Waals surface area contributed by atoms with Gasteiger partial charge < -0.3 is 14.1 Å². The highest BCUT2D eigenvalue weighted by Gasteiger charge is 2.50. The number of hydrogen-bond acceptors (Lipinski definition) is 3. The summed E-state index contributed by atoms with van der Waals surface area (Å²) in [7, 11) is -2.48. The molecule has 2 aliphatic heterocycles. The quantitative estimate of drug-likeness (QED) is 0.513. The minimum absolute atomic E-state index is 0.000198. The first-order valence-electron chi connectivity index (χ1n) is 13.0. The number of nitrogens with zero attached hydrogens (tertiary/aromatic N) is 1. The molecular formula is C29H41NO3Si. The second kappa shape index (κ2) is 11.2. The predicted molar refractivity (Wildman–Crippen MR) is 141 cm³/mol. The Morgan fingerprint density at radius 2 is 1.56 bits per heavy atom. The van der Waals surface area contributed by atoms with E-state index in [1.54, 1.807) is 0 Å². The fraction of sp³-hybridized carbons (Fsp3) is 0.552. The molecule has 0 N–H and O–H groups in total. The van der Waals surface area contributed by atoms with E-state index in [0.717, 1.165) is 58.4 Å². The Morgan fingerprint density at radius 1 is 0.971 bits per heavy atom. The number of carbonyl (C=O) groups is 1. The van der Waals surface area contributed by atoms with E-state index in [1.165, 1.54) is 10.4 Å². The molecule has 2 aromatic rings. The van der Waals surface area contributed by atoms with Crippen LogP contribution in [0.4, 0.5) is 0 Å². The lowest BCUT2D eigenvalue weighted by Gasteiger charge is -2.43. The van der Waals surface area contributed by atoms with Crippen molar-refractivity contribution in [2.24, 2.45) is 5.92 Å². The van der Waals surface area contributed by atoms with Crippen molar-refractivity contribution in [3.05, 3.63) is 60.7 Å². The van der Waals surface area contributed by atoms with E-state index in [2.05, 4.69) is 81.4 Å². The normalized spacial score (nSPS) is 21.6. The van der Waals surface area contributed by atoms with Gasteiger partial charge in [0.15, 0.2) is 0 Å². The standard InChI is InChI=1S/C29H41NO3Si/c1-29(2,3)34(26-12-6-4-7-13-26,27-14-8-5-9-15-27)33-21-18-24-16-17-25(32-23-24)22-28(31)30-19-10-11-20-30/h4-9,12-15,24-25H,10-11,16-23H2,1-3H3/t24-,25+/m0/s1. The Balaban J connectivity index is 1.38. The summed E-state index contributed by atoms with van der Waals surface area (Å²) in [6.45, 7) is 10.3. The molecule has 4 nitrogen and oxygen atoms in total. The highest BCUT2D eigenvalue weighted by atomic mass is 28.4. The first-order chi connectivity index (χ1) is 16.4. The number of ether oxygens (including phenoxy) is 1. The lowest BCUT2D eigenvalue weighted by Crippen LogP contribution is -2.66. The summed E-state index contributed by atoms with van der Waals surface area (Å²) in [5.41, 5.74) is 0. The Hall–Kier alpha value is -1.95. The number of carbonyl (C=O) groups excluding carboxylic acids is 1. The van der Waals surface area contributed by atoms with Crippen LogP contribution in [0.5, 0.6) is 0 Å². The van der Waals surface area contributed by atoms with Gasteiger partial charge in [-0.05, 0) is 53.4 Å². The van der Waals surface area contributed by atoms with E-state index in [0.29, 0.717) is 12.3 Å². The maximum absolute atomic E-state index is 12.5. The first kappa shape index (κ1) is 25.1. The highest BCUT2D eigenvalue weighted by Crippen LogP contribution is 2.37. The number of hydrogen-bond donors (Lipinski definition) is 0. The highest BCUT2D eigenvalue weighted by molar-refractivity contribution is 6.99. The molecule has 0 saturated carbocycles. The minimum Gasteiger partial charge on any atom is -0.407 e. The third kappa shape index (κ3) is 5.64. The van der Waals surface area contributed by atoms with E-state index >= 15 is 0 Å². The van der Waals surface area contributed by atoms with Crippen LogP contribution in [0.3, 0.4) is 0 Å². The molecule has 0 aliphatic carbocycles. The van der Waals surface area contributed by atoms with E-state index in [9.17, 15) is 4.79 Å².